The van der Waals surface area contributed by atoms with E-state index in [0.717, 1.165) is 0 Å². The number of hydrogen-bond acceptors (Lipinski definition) is 7. The number of ether oxygens (including phenoxy) is 4. The Morgan fingerprint density at radius 3 is 2.24 bits per heavy atom. The fraction of sp³-hybridized carbons (Fsp3) is 0.241. The van der Waals surface area contributed by atoms with Gasteiger partial charge in [0, 0.05) is 12.6 Å². The summed E-state index contributed by atoms with van der Waals surface area (Å²) in [6, 6.07) is 14.5. The number of Topliss-reactive ketones (excluding diaryl/α,β-unsaturated/α-hetero) is 1. The molecule has 0 saturated carbocycles. The Hall–Kier alpha value is -4.53. The predicted molar refractivity (Wildman–Crippen MR) is 138 cm³/mol. The van der Waals surface area contributed by atoms with Crippen molar-refractivity contribution in [2.45, 2.75) is 19.5 Å². The fourth-order valence-electron chi connectivity index (χ4n) is 4.45. The molecule has 1 N–H and O–H groups in total. The molecule has 1 amide bonds. The highest BCUT2D eigenvalue weighted by molar-refractivity contribution is 6.46. The van der Waals surface area contributed by atoms with Crippen molar-refractivity contribution in [1.29, 1.82) is 0 Å². The zero-order valence-electron chi connectivity index (χ0n) is 21.5. The average Bonchev–Trinajstić information content (AvgIpc) is 3.18. The molecule has 1 atom stereocenters. The van der Waals surface area contributed by atoms with Gasteiger partial charge in [0.15, 0.2) is 11.5 Å². The predicted octanol–water partition coefficient (Wildman–Crippen LogP) is 4.87. The number of aliphatic hydroxyl groups excluding tert-OH is 1. The van der Waals surface area contributed by atoms with E-state index in [1.165, 1.54) is 50.5 Å². The summed E-state index contributed by atoms with van der Waals surface area (Å²) in [5, 5.41) is 11.5. The number of benzene rings is 3. The summed E-state index contributed by atoms with van der Waals surface area (Å²) in [5.41, 5.74) is 1.23. The molecule has 1 aliphatic rings. The van der Waals surface area contributed by atoms with Gasteiger partial charge in [-0.25, -0.2) is 4.39 Å². The lowest BCUT2D eigenvalue weighted by molar-refractivity contribution is -0.140. The van der Waals surface area contributed by atoms with Crippen molar-refractivity contribution in [2.75, 3.05) is 27.9 Å². The van der Waals surface area contributed by atoms with E-state index < -0.39 is 29.3 Å². The number of carbonyl (C=O) groups is 2. The summed E-state index contributed by atoms with van der Waals surface area (Å²) < 4.78 is 35.3. The summed E-state index contributed by atoms with van der Waals surface area (Å²) in [7, 11) is 4.43. The van der Waals surface area contributed by atoms with Crippen molar-refractivity contribution in [3.63, 3.8) is 0 Å². The van der Waals surface area contributed by atoms with Gasteiger partial charge in [-0.05, 0) is 54.4 Å². The van der Waals surface area contributed by atoms with E-state index in [1.807, 2.05) is 6.92 Å². The molecule has 8 nitrogen and oxygen atoms in total. The van der Waals surface area contributed by atoms with Gasteiger partial charge in [-0.1, -0.05) is 18.2 Å². The topological polar surface area (TPSA) is 94.5 Å². The van der Waals surface area contributed by atoms with Gasteiger partial charge in [0.2, 0.25) is 0 Å². The molecule has 0 aromatic heterocycles. The molecule has 9 heteroatoms. The Balaban J connectivity index is 1.92. The van der Waals surface area contributed by atoms with Gasteiger partial charge in [-0.15, -0.1) is 0 Å². The quantitative estimate of drug-likeness (QED) is 0.244. The fourth-order valence-corrected chi connectivity index (χ4v) is 4.45. The van der Waals surface area contributed by atoms with E-state index >= 15 is 0 Å². The normalized spacial score (nSPS) is 16.4. The third kappa shape index (κ3) is 5.00. The number of rotatable bonds is 9. The summed E-state index contributed by atoms with van der Waals surface area (Å²) in [5.74, 6) is -0.842. The number of hydrogen-bond donors (Lipinski definition) is 1. The van der Waals surface area contributed by atoms with Crippen LogP contribution in [0.25, 0.3) is 5.76 Å². The lowest BCUT2D eigenvalue weighted by Gasteiger charge is -2.26. The molecule has 3 aromatic carbocycles. The lowest BCUT2D eigenvalue weighted by atomic mass is 9.94. The van der Waals surface area contributed by atoms with Crippen LogP contribution in [-0.4, -0.2) is 49.6 Å². The van der Waals surface area contributed by atoms with Gasteiger partial charge in [0.1, 0.15) is 23.1 Å². The second-order valence-electron chi connectivity index (χ2n) is 8.46. The molecule has 1 fully saturated rings. The van der Waals surface area contributed by atoms with E-state index in [9.17, 15) is 19.1 Å². The third-order valence-electron chi connectivity index (χ3n) is 6.27. The molecule has 1 aliphatic heterocycles. The molecule has 0 aliphatic carbocycles. The number of halogens is 1. The molecule has 198 valence electrons. The monoisotopic (exact) mass is 521 g/mol. The highest BCUT2D eigenvalue weighted by Gasteiger charge is 2.46. The highest BCUT2D eigenvalue weighted by Crippen LogP contribution is 2.44. The van der Waals surface area contributed by atoms with Crippen LogP contribution in [0.2, 0.25) is 0 Å². The van der Waals surface area contributed by atoms with Crippen molar-refractivity contribution in [3.8, 4) is 23.0 Å². The van der Waals surface area contributed by atoms with Gasteiger partial charge in [0.25, 0.3) is 11.7 Å². The Morgan fingerprint density at radius 2 is 1.61 bits per heavy atom. The number of methoxy groups -OCH3 is 3. The van der Waals surface area contributed by atoms with E-state index in [4.69, 9.17) is 18.9 Å². The zero-order chi connectivity index (χ0) is 27.4. The first-order valence-electron chi connectivity index (χ1n) is 11.9. The van der Waals surface area contributed by atoms with Gasteiger partial charge < -0.3 is 29.0 Å². The van der Waals surface area contributed by atoms with Crippen molar-refractivity contribution >= 4 is 17.4 Å². The first kappa shape index (κ1) is 26.5. The summed E-state index contributed by atoms with van der Waals surface area (Å²) in [6.07, 6.45) is 0. The Labute approximate surface area is 219 Å². The summed E-state index contributed by atoms with van der Waals surface area (Å²) in [4.78, 5) is 28.1. The Bertz CT molecular complexity index is 1380. The largest absolute Gasteiger partial charge is 0.507 e. The van der Waals surface area contributed by atoms with E-state index in [1.54, 1.807) is 36.4 Å². The Kier molecular flexibility index (Phi) is 7.85. The SMILES string of the molecule is CCOc1cc(C2/C(=C(\O)c3ccc(OC)cc3OC)C(=O)C(=O)N2Cc2ccc(F)cc2)ccc1OC. The van der Waals surface area contributed by atoms with E-state index in [0.29, 0.717) is 35.0 Å². The molecule has 3 aromatic rings. The number of nitrogens with zero attached hydrogens (tertiary/aromatic N) is 1. The molecular formula is C29H28FNO7. The van der Waals surface area contributed by atoms with Crippen molar-refractivity contribution in [2.24, 2.45) is 0 Å². The molecule has 0 radical (unpaired) electrons. The molecule has 0 bridgehead atoms. The average molecular weight is 522 g/mol. The van der Waals surface area contributed by atoms with Gasteiger partial charge in [-0.3, -0.25) is 9.59 Å². The summed E-state index contributed by atoms with van der Waals surface area (Å²) in [6.45, 7) is 2.18. The highest BCUT2D eigenvalue weighted by atomic mass is 19.1. The van der Waals surface area contributed by atoms with E-state index in [-0.39, 0.29) is 23.4 Å². The standard InChI is InChI=1S/C29H28FNO7/c1-5-38-24-14-18(8-13-22(24)36-3)26-25(27(32)21-12-11-20(35-2)15-23(21)37-4)28(33)29(34)31(26)16-17-6-9-19(30)10-7-17/h6-15,26,32H,5,16H2,1-4H3/b27-25+. The molecule has 0 spiro atoms. The summed E-state index contributed by atoms with van der Waals surface area (Å²) >= 11 is 0. The number of ketones is 1. The van der Waals surface area contributed by atoms with Gasteiger partial charge in [0.05, 0.1) is 45.1 Å². The smallest absolute Gasteiger partial charge is 0.295 e. The van der Waals surface area contributed by atoms with E-state index in [2.05, 4.69) is 0 Å². The van der Waals surface area contributed by atoms with Crippen LogP contribution in [0.1, 0.15) is 29.7 Å². The number of likely N-dealkylation sites (tertiary alicyclic amines) is 1. The molecule has 1 heterocycles. The maximum atomic E-state index is 13.5. The van der Waals surface area contributed by atoms with Crippen molar-refractivity contribution < 1.29 is 38.0 Å². The molecular weight excluding hydrogens is 493 g/mol. The van der Waals surface area contributed by atoms with Gasteiger partial charge >= 0.3 is 0 Å². The lowest BCUT2D eigenvalue weighted by Crippen LogP contribution is -2.29. The third-order valence-corrected chi connectivity index (χ3v) is 6.27. The minimum absolute atomic E-state index is 0.00203. The molecule has 1 saturated heterocycles. The molecule has 4 rings (SSSR count). The zero-order valence-corrected chi connectivity index (χ0v) is 21.5. The van der Waals surface area contributed by atoms with Crippen LogP contribution in [0.5, 0.6) is 23.0 Å². The van der Waals surface area contributed by atoms with Crippen LogP contribution < -0.4 is 18.9 Å². The molecule has 1 unspecified atom stereocenters. The second kappa shape index (κ2) is 11.2. The number of carbonyl (C=O) groups excluding carboxylic acids is 2. The van der Waals surface area contributed by atoms with Crippen LogP contribution in [-0.2, 0) is 16.1 Å². The first-order chi connectivity index (χ1) is 18.3. The maximum absolute atomic E-state index is 13.5. The Morgan fingerprint density at radius 1 is 0.895 bits per heavy atom. The van der Waals surface area contributed by atoms with Crippen molar-refractivity contribution in [3.05, 3.63) is 88.7 Å². The maximum Gasteiger partial charge on any atom is 0.295 e. The molecule has 38 heavy (non-hydrogen) atoms. The van der Waals surface area contributed by atoms with Gasteiger partial charge in [-0.2, -0.15) is 0 Å². The van der Waals surface area contributed by atoms with Crippen molar-refractivity contribution in [1.82, 2.24) is 4.90 Å². The van der Waals surface area contributed by atoms with Crippen LogP contribution in [0, 0.1) is 5.82 Å². The minimum Gasteiger partial charge on any atom is -0.507 e. The van der Waals surface area contributed by atoms with Crippen LogP contribution in [0.4, 0.5) is 4.39 Å². The van der Waals surface area contributed by atoms with Crippen LogP contribution in [0.3, 0.4) is 0 Å². The minimum atomic E-state index is -0.975. The number of aliphatic hydroxyl groups is 1. The number of amides is 1. The first-order valence-corrected chi connectivity index (χ1v) is 11.9. The van der Waals surface area contributed by atoms with Crippen LogP contribution in [0.15, 0.2) is 66.2 Å². The van der Waals surface area contributed by atoms with Crippen LogP contribution >= 0.6 is 0 Å². The second-order valence-corrected chi connectivity index (χ2v) is 8.46.